The summed E-state index contributed by atoms with van der Waals surface area (Å²) in [5, 5.41) is 3.28. The van der Waals surface area contributed by atoms with Gasteiger partial charge in [-0.3, -0.25) is 0 Å². The third-order valence-electron chi connectivity index (χ3n) is 2.93. The van der Waals surface area contributed by atoms with E-state index in [0.29, 0.717) is 25.4 Å². The molecule has 0 spiro atoms. The fourth-order valence-corrected chi connectivity index (χ4v) is 2.04. The van der Waals surface area contributed by atoms with Crippen LogP contribution in [0.25, 0.3) is 0 Å². The molecule has 21 heavy (non-hydrogen) atoms. The van der Waals surface area contributed by atoms with Crippen molar-refractivity contribution < 1.29 is 9.47 Å². The Balaban J connectivity index is 1.83. The monoisotopic (exact) mass is 286 g/mol. The first-order valence-electron chi connectivity index (χ1n) is 7.14. The first-order valence-corrected chi connectivity index (χ1v) is 7.14. The number of nitrogens with two attached hydrogens (primary N) is 1. The lowest BCUT2D eigenvalue weighted by Crippen LogP contribution is -2.11. The Labute approximate surface area is 125 Å². The van der Waals surface area contributed by atoms with Crippen LogP contribution < -0.4 is 20.5 Å². The summed E-state index contributed by atoms with van der Waals surface area (Å²) < 4.78 is 11.2. The van der Waals surface area contributed by atoms with Gasteiger partial charge in [0.1, 0.15) is 18.1 Å². The lowest BCUT2D eigenvalue weighted by molar-refractivity contribution is 0.332. The number of anilines is 2. The van der Waals surface area contributed by atoms with Gasteiger partial charge in [0.2, 0.25) is 0 Å². The number of benzene rings is 2. The Morgan fingerprint density at radius 3 is 2.67 bits per heavy atom. The van der Waals surface area contributed by atoms with Crippen molar-refractivity contribution in [1.29, 1.82) is 0 Å². The van der Waals surface area contributed by atoms with Gasteiger partial charge in [0.25, 0.3) is 0 Å². The molecule has 0 fully saturated rings. The highest BCUT2D eigenvalue weighted by Gasteiger charge is 2.00. The standard InChI is InChI=1S/C17H22N2O2/c1-3-20-17-11-14(18)10-15(12-17)19-7-8-21-16-6-4-5-13(2)9-16/h4-6,9-12,19H,3,7-8,18H2,1-2H3. The van der Waals surface area contributed by atoms with Crippen LogP contribution in [0.5, 0.6) is 11.5 Å². The zero-order valence-electron chi connectivity index (χ0n) is 12.6. The van der Waals surface area contributed by atoms with Gasteiger partial charge < -0.3 is 20.5 Å². The smallest absolute Gasteiger partial charge is 0.123 e. The third-order valence-corrected chi connectivity index (χ3v) is 2.93. The summed E-state index contributed by atoms with van der Waals surface area (Å²) in [4.78, 5) is 0. The number of hydrogen-bond donors (Lipinski definition) is 2. The average Bonchev–Trinajstić information content (AvgIpc) is 2.43. The minimum absolute atomic E-state index is 0.586. The zero-order valence-corrected chi connectivity index (χ0v) is 12.6. The zero-order chi connectivity index (χ0) is 15.1. The van der Waals surface area contributed by atoms with Gasteiger partial charge >= 0.3 is 0 Å². The maximum absolute atomic E-state index is 5.85. The summed E-state index contributed by atoms with van der Waals surface area (Å²) in [6.07, 6.45) is 0. The second-order valence-corrected chi connectivity index (χ2v) is 4.82. The highest BCUT2D eigenvalue weighted by Crippen LogP contribution is 2.22. The normalized spacial score (nSPS) is 10.2. The van der Waals surface area contributed by atoms with E-state index in [4.69, 9.17) is 15.2 Å². The highest BCUT2D eigenvalue weighted by atomic mass is 16.5. The Morgan fingerprint density at radius 2 is 1.90 bits per heavy atom. The van der Waals surface area contributed by atoms with Gasteiger partial charge in [-0.25, -0.2) is 0 Å². The predicted molar refractivity (Wildman–Crippen MR) is 87.2 cm³/mol. The van der Waals surface area contributed by atoms with Gasteiger partial charge in [-0.15, -0.1) is 0 Å². The lowest BCUT2D eigenvalue weighted by atomic mass is 10.2. The average molecular weight is 286 g/mol. The summed E-state index contributed by atoms with van der Waals surface area (Å²) in [7, 11) is 0. The van der Waals surface area contributed by atoms with E-state index in [1.165, 1.54) is 5.56 Å². The SMILES string of the molecule is CCOc1cc(N)cc(NCCOc2cccc(C)c2)c1. The molecule has 0 aliphatic carbocycles. The summed E-state index contributed by atoms with van der Waals surface area (Å²) in [5.41, 5.74) is 8.66. The van der Waals surface area contributed by atoms with Gasteiger partial charge in [0.05, 0.1) is 6.61 Å². The van der Waals surface area contributed by atoms with Crippen LogP contribution >= 0.6 is 0 Å². The molecular formula is C17H22N2O2. The molecule has 2 aromatic rings. The number of nitrogen functional groups attached to an aromatic ring is 1. The molecule has 0 atom stereocenters. The first kappa shape index (κ1) is 15.0. The number of rotatable bonds is 7. The molecule has 4 heteroatoms. The van der Waals surface area contributed by atoms with E-state index in [0.717, 1.165) is 17.2 Å². The van der Waals surface area contributed by atoms with E-state index in [1.54, 1.807) is 0 Å². The fraction of sp³-hybridized carbons (Fsp3) is 0.294. The van der Waals surface area contributed by atoms with Crippen molar-refractivity contribution in [3.8, 4) is 11.5 Å². The van der Waals surface area contributed by atoms with E-state index in [1.807, 2.05) is 56.3 Å². The second kappa shape index (κ2) is 7.43. The molecule has 0 aromatic heterocycles. The summed E-state index contributed by atoms with van der Waals surface area (Å²) in [6.45, 7) is 5.91. The van der Waals surface area contributed by atoms with Gasteiger partial charge in [0, 0.05) is 30.1 Å². The van der Waals surface area contributed by atoms with Crippen LogP contribution in [-0.4, -0.2) is 19.8 Å². The quantitative estimate of drug-likeness (QED) is 0.604. The Kier molecular flexibility index (Phi) is 5.32. The van der Waals surface area contributed by atoms with Gasteiger partial charge in [-0.2, -0.15) is 0 Å². The van der Waals surface area contributed by atoms with Gasteiger partial charge in [-0.1, -0.05) is 12.1 Å². The molecule has 3 N–H and O–H groups in total. The summed E-state index contributed by atoms with van der Waals surface area (Å²) in [5.74, 6) is 1.67. The van der Waals surface area contributed by atoms with Crippen molar-refractivity contribution in [3.63, 3.8) is 0 Å². The molecule has 0 aliphatic heterocycles. The number of ether oxygens (including phenoxy) is 2. The van der Waals surface area contributed by atoms with Crippen LogP contribution in [0.1, 0.15) is 12.5 Å². The van der Waals surface area contributed by atoms with Crippen molar-refractivity contribution in [1.82, 2.24) is 0 Å². The van der Waals surface area contributed by atoms with E-state index >= 15 is 0 Å². The topological polar surface area (TPSA) is 56.5 Å². The number of aryl methyl sites for hydroxylation is 1. The van der Waals surface area contributed by atoms with Crippen molar-refractivity contribution in [2.45, 2.75) is 13.8 Å². The third kappa shape index (κ3) is 4.91. The molecule has 0 bridgehead atoms. The maximum Gasteiger partial charge on any atom is 0.123 e. The summed E-state index contributed by atoms with van der Waals surface area (Å²) in [6, 6.07) is 13.7. The first-order chi connectivity index (χ1) is 10.2. The van der Waals surface area contributed by atoms with Crippen LogP contribution in [-0.2, 0) is 0 Å². The van der Waals surface area contributed by atoms with Crippen molar-refractivity contribution in [2.75, 3.05) is 30.8 Å². The van der Waals surface area contributed by atoms with Crippen LogP contribution in [0.2, 0.25) is 0 Å². The lowest BCUT2D eigenvalue weighted by Gasteiger charge is -2.11. The molecular weight excluding hydrogens is 264 g/mol. The molecule has 0 saturated heterocycles. The van der Waals surface area contributed by atoms with Crippen molar-refractivity contribution in [2.24, 2.45) is 0 Å². The van der Waals surface area contributed by atoms with Crippen LogP contribution in [0.4, 0.5) is 11.4 Å². The molecule has 0 aliphatic rings. The second-order valence-electron chi connectivity index (χ2n) is 4.82. The molecule has 2 aromatic carbocycles. The molecule has 0 radical (unpaired) electrons. The van der Waals surface area contributed by atoms with E-state index in [9.17, 15) is 0 Å². The minimum atomic E-state index is 0.586. The van der Waals surface area contributed by atoms with Crippen molar-refractivity contribution in [3.05, 3.63) is 48.0 Å². The molecule has 0 heterocycles. The molecule has 112 valence electrons. The largest absolute Gasteiger partial charge is 0.494 e. The Hall–Kier alpha value is -2.36. The number of hydrogen-bond acceptors (Lipinski definition) is 4. The molecule has 2 rings (SSSR count). The molecule has 0 amide bonds. The highest BCUT2D eigenvalue weighted by molar-refractivity contribution is 5.59. The van der Waals surface area contributed by atoms with E-state index in [2.05, 4.69) is 5.32 Å². The fourth-order valence-electron chi connectivity index (χ4n) is 2.04. The van der Waals surface area contributed by atoms with Crippen LogP contribution in [0, 0.1) is 6.92 Å². The number of nitrogens with one attached hydrogen (secondary N) is 1. The van der Waals surface area contributed by atoms with Gasteiger partial charge in [-0.05, 0) is 37.6 Å². The minimum Gasteiger partial charge on any atom is -0.494 e. The Bertz CT molecular complexity index is 585. The van der Waals surface area contributed by atoms with Crippen LogP contribution in [0.15, 0.2) is 42.5 Å². The molecule has 0 saturated carbocycles. The Morgan fingerprint density at radius 1 is 1.05 bits per heavy atom. The maximum atomic E-state index is 5.85. The van der Waals surface area contributed by atoms with Crippen LogP contribution in [0.3, 0.4) is 0 Å². The molecule has 0 unspecified atom stereocenters. The molecule has 4 nitrogen and oxygen atoms in total. The van der Waals surface area contributed by atoms with E-state index < -0.39 is 0 Å². The van der Waals surface area contributed by atoms with E-state index in [-0.39, 0.29) is 0 Å². The summed E-state index contributed by atoms with van der Waals surface area (Å²) >= 11 is 0. The predicted octanol–water partition coefficient (Wildman–Crippen LogP) is 3.47. The van der Waals surface area contributed by atoms with Crippen molar-refractivity contribution >= 4 is 11.4 Å². The van der Waals surface area contributed by atoms with Gasteiger partial charge in [0.15, 0.2) is 0 Å².